The zero-order chi connectivity index (χ0) is 21.3. The van der Waals surface area contributed by atoms with Crippen LogP contribution < -0.4 is 0 Å². The average molecular weight is 407 g/mol. The maximum Gasteiger partial charge on any atom is 0.336 e. The molecule has 0 fully saturated rings. The molecule has 6 nitrogen and oxygen atoms in total. The Morgan fingerprint density at radius 2 is 1.77 bits per heavy atom. The number of aromatic nitrogens is 4. The molecule has 6 heteroatoms. The van der Waals surface area contributed by atoms with Crippen LogP contribution >= 0.6 is 0 Å². The molecule has 158 valence electrons. The van der Waals surface area contributed by atoms with Gasteiger partial charge in [0.2, 0.25) is 0 Å². The van der Waals surface area contributed by atoms with E-state index in [2.05, 4.69) is 18.8 Å². The van der Waals surface area contributed by atoms with Crippen molar-refractivity contribution in [2.24, 2.45) is 0 Å². The highest BCUT2D eigenvalue weighted by molar-refractivity contribution is 5.95. The van der Waals surface area contributed by atoms with Gasteiger partial charge in [-0.25, -0.2) is 14.5 Å². The molecule has 0 spiro atoms. The van der Waals surface area contributed by atoms with E-state index in [1.807, 2.05) is 28.9 Å². The molecular formula is C24H30N4O2. The third-order valence-electron chi connectivity index (χ3n) is 5.20. The van der Waals surface area contributed by atoms with Gasteiger partial charge in [-0.1, -0.05) is 57.4 Å². The minimum atomic E-state index is -0.949. The first kappa shape index (κ1) is 21.7. The van der Waals surface area contributed by atoms with Crippen molar-refractivity contribution in [3.8, 4) is 11.1 Å². The summed E-state index contributed by atoms with van der Waals surface area (Å²) in [5, 5.41) is 14.2. The zero-order valence-electron chi connectivity index (χ0n) is 17.8. The average Bonchev–Trinajstić information content (AvgIpc) is 3.14. The molecule has 2 aromatic heterocycles. The van der Waals surface area contributed by atoms with Crippen LogP contribution in [0.15, 0.2) is 42.7 Å². The summed E-state index contributed by atoms with van der Waals surface area (Å²) in [4.78, 5) is 20.3. The number of rotatable bonds is 11. The number of hydrogen-bond donors (Lipinski definition) is 1. The Bertz CT molecular complexity index is 964. The lowest BCUT2D eigenvalue weighted by Gasteiger charge is -2.09. The van der Waals surface area contributed by atoms with Gasteiger partial charge in [0.1, 0.15) is 5.82 Å². The van der Waals surface area contributed by atoms with Gasteiger partial charge >= 0.3 is 5.97 Å². The number of pyridine rings is 1. The van der Waals surface area contributed by atoms with E-state index in [0.29, 0.717) is 12.1 Å². The molecule has 0 atom stereocenters. The van der Waals surface area contributed by atoms with Gasteiger partial charge in [0, 0.05) is 30.8 Å². The lowest BCUT2D eigenvalue weighted by molar-refractivity contribution is 0.0697. The molecule has 3 rings (SSSR count). The van der Waals surface area contributed by atoms with Crippen LogP contribution in [0.1, 0.15) is 73.5 Å². The monoisotopic (exact) mass is 406 g/mol. The number of benzene rings is 1. The van der Waals surface area contributed by atoms with Gasteiger partial charge in [-0.3, -0.25) is 4.98 Å². The second kappa shape index (κ2) is 10.7. The third kappa shape index (κ3) is 5.53. The van der Waals surface area contributed by atoms with Gasteiger partial charge in [0.25, 0.3) is 0 Å². The summed E-state index contributed by atoms with van der Waals surface area (Å²) in [6.07, 6.45) is 10.7. The fraction of sp³-hybridized carbons (Fsp3) is 0.417. The third-order valence-corrected chi connectivity index (χ3v) is 5.20. The summed E-state index contributed by atoms with van der Waals surface area (Å²) in [5.74, 6) is 1.04. The van der Waals surface area contributed by atoms with Crippen LogP contribution in [0, 0.1) is 0 Å². The standard InChI is InChI=1S/C24H30N4O2/c1-3-5-7-8-22-26-23(9-6-4-2)28(27-22)17-18-10-12-19(13-11-18)21-16-25-15-14-20(21)24(29)30/h10-16H,3-9,17H2,1-2H3,(H,29,30). The molecular weight excluding hydrogens is 376 g/mol. The van der Waals surface area contributed by atoms with Gasteiger partial charge in [0.15, 0.2) is 5.82 Å². The number of unbranched alkanes of at least 4 members (excludes halogenated alkanes) is 3. The van der Waals surface area contributed by atoms with E-state index in [4.69, 9.17) is 10.1 Å². The molecule has 0 saturated carbocycles. The molecule has 0 aliphatic heterocycles. The minimum absolute atomic E-state index is 0.257. The summed E-state index contributed by atoms with van der Waals surface area (Å²) < 4.78 is 2.03. The quantitative estimate of drug-likeness (QED) is 0.445. The van der Waals surface area contributed by atoms with Crippen LogP contribution in [0.25, 0.3) is 11.1 Å². The second-order valence-corrected chi connectivity index (χ2v) is 7.59. The fourth-order valence-electron chi connectivity index (χ4n) is 3.49. The van der Waals surface area contributed by atoms with E-state index >= 15 is 0 Å². The van der Waals surface area contributed by atoms with E-state index in [1.54, 1.807) is 6.20 Å². The van der Waals surface area contributed by atoms with Crippen molar-refractivity contribution >= 4 is 5.97 Å². The van der Waals surface area contributed by atoms with Crippen LogP contribution in [0.3, 0.4) is 0 Å². The summed E-state index contributed by atoms with van der Waals surface area (Å²) in [6, 6.07) is 9.47. The summed E-state index contributed by atoms with van der Waals surface area (Å²) in [6.45, 7) is 5.05. The van der Waals surface area contributed by atoms with E-state index in [0.717, 1.165) is 54.9 Å². The smallest absolute Gasteiger partial charge is 0.336 e. The van der Waals surface area contributed by atoms with Gasteiger partial charge in [-0.05, 0) is 30.0 Å². The van der Waals surface area contributed by atoms with E-state index in [1.165, 1.54) is 25.1 Å². The first-order valence-corrected chi connectivity index (χ1v) is 10.8. The van der Waals surface area contributed by atoms with Gasteiger partial charge in [0.05, 0.1) is 12.1 Å². The Morgan fingerprint density at radius 1 is 1.00 bits per heavy atom. The fourth-order valence-corrected chi connectivity index (χ4v) is 3.49. The summed E-state index contributed by atoms with van der Waals surface area (Å²) in [5.41, 5.74) is 2.84. The number of carbonyl (C=O) groups is 1. The number of carboxylic acids is 1. The Kier molecular flexibility index (Phi) is 7.71. The van der Waals surface area contributed by atoms with Crippen LogP contribution in [0.4, 0.5) is 0 Å². The Balaban J connectivity index is 1.78. The van der Waals surface area contributed by atoms with E-state index < -0.39 is 5.97 Å². The number of hydrogen-bond acceptors (Lipinski definition) is 4. The SMILES string of the molecule is CCCCCc1nc(CCCC)n(Cc2ccc(-c3cnccc3C(=O)O)cc2)n1. The molecule has 30 heavy (non-hydrogen) atoms. The van der Waals surface area contributed by atoms with Crippen LogP contribution in [-0.2, 0) is 19.4 Å². The van der Waals surface area contributed by atoms with Crippen molar-refractivity contribution in [2.45, 2.75) is 65.3 Å². The zero-order valence-corrected chi connectivity index (χ0v) is 17.8. The van der Waals surface area contributed by atoms with Crippen LogP contribution in [0.5, 0.6) is 0 Å². The normalized spacial score (nSPS) is 11.0. The largest absolute Gasteiger partial charge is 0.478 e. The summed E-state index contributed by atoms with van der Waals surface area (Å²) in [7, 11) is 0. The Morgan fingerprint density at radius 3 is 2.47 bits per heavy atom. The lowest BCUT2D eigenvalue weighted by atomic mass is 10.0. The first-order chi connectivity index (χ1) is 14.6. The molecule has 0 aliphatic rings. The Labute approximate surface area is 178 Å². The van der Waals surface area contributed by atoms with Gasteiger partial charge in [-0.2, -0.15) is 5.10 Å². The first-order valence-electron chi connectivity index (χ1n) is 10.8. The summed E-state index contributed by atoms with van der Waals surface area (Å²) >= 11 is 0. The molecule has 0 radical (unpaired) electrons. The molecule has 1 N–H and O–H groups in total. The van der Waals surface area contributed by atoms with Gasteiger partial charge in [-0.15, -0.1) is 0 Å². The van der Waals surface area contributed by atoms with Crippen LogP contribution in [0.2, 0.25) is 0 Å². The molecule has 0 aliphatic carbocycles. The highest BCUT2D eigenvalue weighted by Gasteiger charge is 2.13. The molecule has 0 amide bonds. The van der Waals surface area contributed by atoms with Gasteiger partial charge < -0.3 is 5.11 Å². The van der Waals surface area contributed by atoms with Crippen molar-refractivity contribution in [3.05, 3.63) is 65.5 Å². The Hall–Kier alpha value is -3.02. The van der Waals surface area contributed by atoms with E-state index in [9.17, 15) is 9.90 Å². The minimum Gasteiger partial charge on any atom is -0.478 e. The van der Waals surface area contributed by atoms with Crippen molar-refractivity contribution in [1.82, 2.24) is 19.7 Å². The highest BCUT2D eigenvalue weighted by Crippen LogP contribution is 2.23. The van der Waals surface area contributed by atoms with Crippen molar-refractivity contribution < 1.29 is 9.90 Å². The topological polar surface area (TPSA) is 80.9 Å². The molecule has 2 heterocycles. The van der Waals surface area contributed by atoms with Crippen molar-refractivity contribution in [2.75, 3.05) is 0 Å². The predicted octanol–water partition coefficient (Wildman–Crippen LogP) is 5.16. The molecule has 1 aromatic carbocycles. The van der Waals surface area contributed by atoms with E-state index in [-0.39, 0.29) is 5.56 Å². The highest BCUT2D eigenvalue weighted by atomic mass is 16.4. The predicted molar refractivity (Wildman–Crippen MR) is 118 cm³/mol. The maximum atomic E-state index is 11.5. The number of aryl methyl sites for hydroxylation is 2. The molecule has 0 unspecified atom stereocenters. The molecule has 0 bridgehead atoms. The second-order valence-electron chi connectivity index (χ2n) is 7.59. The molecule has 0 saturated heterocycles. The maximum absolute atomic E-state index is 11.5. The number of aromatic carboxylic acids is 1. The molecule has 3 aromatic rings. The van der Waals surface area contributed by atoms with Crippen molar-refractivity contribution in [3.63, 3.8) is 0 Å². The lowest BCUT2D eigenvalue weighted by Crippen LogP contribution is -2.07. The van der Waals surface area contributed by atoms with Crippen LogP contribution in [-0.4, -0.2) is 30.8 Å². The number of carboxylic acid groups (broad SMARTS) is 1. The number of nitrogens with zero attached hydrogens (tertiary/aromatic N) is 4. The van der Waals surface area contributed by atoms with Crippen molar-refractivity contribution in [1.29, 1.82) is 0 Å².